The van der Waals surface area contributed by atoms with Crippen LogP contribution in [0.1, 0.15) is 12.8 Å². The molecule has 0 heterocycles. The van der Waals surface area contributed by atoms with Crippen LogP contribution in [0, 0.1) is 0 Å². The third-order valence-electron chi connectivity index (χ3n) is 2.69. The number of methoxy groups -OCH3 is 1. The number of hydrogen-bond acceptors (Lipinski definition) is 5. The van der Waals surface area contributed by atoms with E-state index in [-0.39, 0.29) is 28.3 Å². The van der Waals surface area contributed by atoms with E-state index >= 15 is 0 Å². The number of halogens is 1. The van der Waals surface area contributed by atoms with Crippen LogP contribution in [-0.4, -0.2) is 34.1 Å². The number of hydrogen-bond donors (Lipinski definition) is 1. The van der Waals surface area contributed by atoms with E-state index in [0.717, 1.165) is 12.8 Å². The van der Waals surface area contributed by atoms with Gasteiger partial charge in [-0.3, -0.25) is 0 Å². The molecule has 1 saturated carbocycles. The molecule has 6 nitrogen and oxygen atoms in total. The van der Waals surface area contributed by atoms with Crippen LogP contribution >= 0.6 is 11.6 Å². The van der Waals surface area contributed by atoms with Crippen molar-refractivity contribution in [1.29, 1.82) is 0 Å². The zero-order valence-corrected chi connectivity index (χ0v) is 12.3. The van der Waals surface area contributed by atoms with Gasteiger partial charge in [0.2, 0.25) is 10.0 Å². The number of carbonyl (C=O) groups is 1. The van der Waals surface area contributed by atoms with Gasteiger partial charge in [0.15, 0.2) is 6.61 Å². The minimum Gasteiger partial charge on any atom is -0.480 e. The largest absolute Gasteiger partial charge is 0.480 e. The summed E-state index contributed by atoms with van der Waals surface area (Å²) >= 11 is 5.94. The van der Waals surface area contributed by atoms with Crippen molar-refractivity contribution in [2.45, 2.75) is 23.8 Å². The Morgan fingerprint density at radius 1 is 1.45 bits per heavy atom. The summed E-state index contributed by atoms with van der Waals surface area (Å²) in [6.45, 7) is -0.289. The Hall–Kier alpha value is -1.31. The normalized spacial score (nSPS) is 14.9. The second-order valence-corrected chi connectivity index (χ2v) is 6.47. The molecule has 0 aliphatic heterocycles. The zero-order valence-electron chi connectivity index (χ0n) is 10.8. The number of ether oxygens (including phenoxy) is 2. The van der Waals surface area contributed by atoms with Crippen molar-refractivity contribution >= 4 is 27.6 Å². The van der Waals surface area contributed by atoms with Crippen LogP contribution in [0.4, 0.5) is 0 Å². The molecule has 0 saturated heterocycles. The van der Waals surface area contributed by atoms with E-state index < -0.39 is 16.0 Å². The summed E-state index contributed by atoms with van der Waals surface area (Å²) in [5, 5.41) is 0.118. The first-order chi connectivity index (χ1) is 9.42. The fraction of sp³-hybridized carbons (Fsp3) is 0.417. The van der Waals surface area contributed by atoms with Crippen LogP contribution in [0.25, 0.3) is 0 Å². The first-order valence-electron chi connectivity index (χ1n) is 5.94. The SMILES string of the molecule is COC(=O)COc1ccc(S(=O)(=O)NC2CC2)cc1Cl. The van der Waals surface area contributed by atoms with Crippen molar-refractivity contribution in [1.82, 2.24) is 4.72 Å². The Bertz CT molecular complexity index is 612. The molecule has 1 N–H and O–H groups in total. The Kier molecular flexibility index (Phi) is 4.52. The predicted octanol–water partition coefficient (Wildman–Crippen LogP) is 1.33. The monoisotopic (exact) mass is 319 g/mol. The van der Waals surface area contributed by atoms with Gasteiger partial charge in [-0.05, 0) is 31.0 Å². The van der Waals surface area contributed by atoms with E-state index in [1.165, 1.54) is 25.3 Å². The van der Waals surface area contributed by atoms with Gasteiger partial charge in [-0.2, -0.15) is 0 Å². The number of esters is 1. The van der Waals surface area contributed by atoms with E-state index in [0.29, 0.717) is 0 Å². The molecule has 0 atom stereocenters. The van der Waals surface area contributed by atoms with Crippen molar-refractivity contribution in [3.05, 3.63) is 23.2 Å². The van der Waals surface area contributed by atoms with Crippen LogP contribution in [-0.2, 0) is 19.6 Å². The summed E-state index contributed by atoms with van der Waals surface area (Å²) in [6, 6.07) is 4.10. The molecule has 1 aliphatic rings. The highest BCUT2D eigenvalue weighted by Gasteiger charge is 2.28. The van der Waals surface area contributed by atoms with E-state index in [1.54, 1.807) is 0 Å². The van der Waals surface area contributed by atoms with Gasteiger partial charge in [0.25, 0.3) is 0 Å². The lowest BCUT2D eigenvalue weighted by molar-refractivity contribution is -0.142. The Morgan fingerprint density at radius 2 is 2.15 bits per heavy atom. The molecule has 0 amide bonds. The van der Waals surface area contributed by atoms with Gasteiger partial charge in [-0.15, -0.1) is 0 Å². The maximum Gasteiger partial charge on any atom is 0.343 e. The quantitative estimate of drug-likeness (QED) is 0.800. The average Bonchev–Trinajstić information content (AvgIpc) is 3.20. The summed E-state index contributed by atoms with van der Waals surface area (Å²) in [6.07, 6.45) is 1.71. The summed E-state index contributed by atoms with van der Waals surface area (Å²) in [4.78, 5) is 11.0. The molecule has 0 radical (unpaired) electrons. The lowest BCUT2D eigenvalue weighted by Gasteiger charge is -2.09. The molecule has 8 heteroatoms. The van der Waals surface area contributed by atoms with E-state index in [4.69, 9.17) is 16.3 Å². The van der Waals surface area contributed by atoms with Crippen molar-refractivity contribution in [2.24, 2.45) is 0 Å². The molecule has 20 heavy (non-hydrogen) atoms. The second kappa shape index (κ2) is 5.99. The van der Waals surface area contributed by atoms with Gasteiger partial charge in [0.1, 0.15) is 5.75 Å². The number of sulfonamides is 1. The summed E-state index contributed by atoms with van der Waals surface area (Å²) < 4.78 is 36.1. The molecule has 0 spiro atoms. The standard InChI is InChI=1S/C12H14ClNO5S/c1-18-12(15)7-19-11-5-4-9(6-10(11)13)20(16,17)14-8-2-3-8/h4-6,8,14H,2-3,7H2,1H3. The van der Waals surface area contributed by atoms with E-state index in [1.807, 2.05) is 0 Å². The smallest absolute Gasteiger partial charge is 0.343 e. The molecular weight excluding hydrogens is 306 g/mol. The molecule has 0 bridgehead atoms. The topological polar surface area (TPSA) is 81.7 Å². The second-order valence-electron chi connectivity index (χ2n) is 4.35. The minimum absolute atomic E-state index is 0.0222. The Labute approximate surface area is 122 Å². The van der Waals surface area contributed by atoms with Gasteiger partial charge in [0.05, 0.1) is 17.0 Å². The van der Waals surface area contributed by atoms with E-state index in [2.05, 4.69) is 9.46 Å². The first-order valence-corrected chi connectivity index (χ1v) is 7.80. The van der Waals surface area contributed by atoms with Crippen LogP contribution in [0.15, 0.2) is 23.1 Å². The van der Waals surface area contributed by atoms with Crippen molar-refractivity contribution in [2.75, 3.05) is 13.7 Å². The summed E-state index contributed by atoms with van der Waals surface area (Å²) in [5.74, 6) is -0.324. The third kappa shape index (κ3) is 3.84. The van der Waals surface area contributed by atoms with Gasteiger partial charge in [-0.1, -0.05) is 11.6 Å². The number of carbonyl (C=O) groups excluding carboxylic acids is 1. The van der Waals surface area contributed by atoms with Crippen LogP contribution in [0.5, 0.6) is 5.75 Å². The molecule has 110 valence electrons. The third-order valence-corrected chi connectivity index (χ3v) is 4.50. The van der Waals surface area contributed by atoms with Crippen LogP contribution < -0.4 is 9.46 Å². The molecule has 1 fully saturated rings. The van der Waals surface area contributed by atoms with Crippen LogP contribution in [0.3, 0.4) is 0 Å². The van der Waals surface area contributed by atoms with Gasteiger partial charge in [-0.25, -0.2) is 17.9 Å². The van der Waals surface area contributed by atoms with Gasteiger partial charge < -0.3 is 9.47 Å². The highest BCUT2D eigenvalue weighted by molar-refractivity contribution is 7.89. The fourth-order valence-corrected chi connectivity index (χ4v) is 3.08. The van der Waals surface area contributed by atoms with Crippen molar-refractivity contribution in [3.8, 4) is 5.75 Å². The Balaban J connectivity index is 2.10. The van der Waals surface area contributed by atoms with Crippen LogP contribution in [0.2, 0.25) is 5.02 Å². The Morgan fingerprint density at radius 3 is 2.70 bits per heavy atom. The minimum atomic E-state index is -3.55. The number of nitrogens with one attached hydrogen (secondary N) is 1. The first kappa shape index (κ1) is 15.1. The number of benzene rings is 1. The lowest BCUT2D eigenvalue weighted by Crippen LogP contribution is -2.25. The maximum atomic E-state index is 12.0. The molecule has 2 rings (SSSR count). The van der Waals surface area contributed by atoms with Gasteiger partial charge >= 0.3 is 5.97 Å². The summed E-state index contributed by atoms with van der Waals surface area (Å²) in [5.41, 5.74) is 0. The zero-order chi connectivity index (χ0) is 14.8. The fourth-order valence-electron chi connectivity index (χ4n) is 1.45. The highest BCUT2D eigenvalue weighted by atomic mass is 35.5. The molecule has 1 aromatic rings. The molecule has 1 aliphatic carbocycles. The maximum absolute atomic E-state index is 12.0. The average molecular weight is 320 g/mol. The molecular formula is C12H14ClNO5S. The molecule has 0 aromatic heterocycles. The van der Waals surface area contributed by atoms with Crippen molar-refractivity contribution < 1.29 is 22.7 Å². The lowest BCUT2D eigenvalue weighted by atomic mass is 10.3. The van der Waals surface area contributed by atoms with Gasteiger partial charge in [0, 0.05) is 6.04 Å². The molecule has 1 aromatic carbocycles. The highest BCUT2D eigenvalue weighted by Crippen LogP contribution is 2.28. The van der Waals surface area contributed by atoms with E-state index in [9.17, 15) is 13.2 Å². The van der Waals surface area contributed by atoms with Crippen molar-refractivity contribution in [3.63, 3.8) is 0 Å². The number of rotatable bonds is 6. The summed E-state index contributed by atoms with van der Waals surface area (Å²) in [7, 11) is -2.31. The predicted molar refractivity (Wildman–Crippen MR) is 72.3 cm³/mol. The molecule has 0 unspecified atom stereocenters.